The molecule has 2 unspecified atom stereocenters. The van der Waals surface area contributed by atoms with Crippen LogP contribution in [0.3, 0.4) is 0 Å². The van der Waals surface area contributed by atoms with Crippen molar-refractivity contribution in [3.8, 4) is 5.75 Å². The lowest BCUT2D eigenvalue weighted by molar-refractivity contribution is 0.0608. The molecule has 0 radical (unpaired) electrons. The van der Waals surface area contributed by atoms with E-state index in [-0.39, 0.29) is 24.2 Å². The van der Waals surface area contributed by atoms with Crippen molar-refractivity contribution in [3.63, 3.8) is 0 Å². The Bertz CT molecular complexity index is 981. The number of carbonyl (C=O) groups is 1. The molecule has 0 aliphatic carbocycles. The predicted molar refractivity (Wildman–Crippen MR) is 125 cm³/mol. The van der Waals surface area contributed by atoms with Crippen molar-refractivity contribution in [3.05, 3.63) is 53.7 Å². The van der Waals surface area contributed by atoms with E-state index in [4.69, 9.17) is 15.2 Å². The van der Waals surface area contributed by atoms with Gasteiger partial charge < -0.3 is 25.0 Å². The van der Waals surface area contributed by atoms with E-state index < -0.39 is 11.6 Å². The summed E-state index contributed by atoms with van der Waals surface area (Å²) in [4.78, 5) is 20.2. The second-order valence-electron chi connectivity index (χ2n) is 9.37. The van der Waals surface area contributed by atoms with Crippen LogP contribution in [-0.4, -0.2) is 60.9 Å². The molecule has 2 aromatic rings. The van der Waals surface area contributed by atoms with Gasteiger partial charge in [-0.2, -0.15) is 0 Å². The van der Waals surface area contributed by atoms with Gasteiger partial charge in [-0.15, -0.1) is 0 Å². The third kappa shape index (κ3) is 5.75. The molecule has 7 nitrogen and oxygen atoms in total. The van der Waals surface area contributed by atoms with Gasteiger partial charge in [0.2, 0.25) is 0 Å². The van der Waals surface area contributed by atoms with Gasteiger partial charge in [0, 0.05) is 38.1 Å². The standard InChI is InChI=1S/C25H32F2N4O3/c1-16(2)34-25(32)30-9-7-17(8-10-30)15-33-19-4-6-24(29-12-19)31-13-21(23(28)14-31)20-11-18(26)3-5-22(20)27/h3-6,11-12,16-17,21,23H,7-10,13-15,28H2,1-2H3. The molecule has 3 heterocycles. The highest BCUT2D eigenvalue weighted by atomic mass is 19.1. The van der Waals surface area contributed by atoms with Gasteiger partial charge in [-0.05, 0) is 68.5 Å². The van der Waals surface area contributed by atoms with Crippen LogP contribution in [0.1, 0.15) is 38.2 Å². The van der Waals surface area contributed by atoms with Crippen LogP contribution in [0.4, 0.5) is 19.4 Å². The fraction of sp³-hybridized carbons (Fsp3) is 0.520. The fourth-order valence-electron chi connectivity index (χ4n) is 4.56. The van der Waals surface area contributed by atoms with E-state index in [2.05, 4.69) is 4.98 Å². The van der Waals surface area contributed by atoms with Crippen molar-refractivity contribution < 1.29 is 23.0 Å². The fourth-order valence-corrected chi connectivity index (χ4v) is 4.56. The van der Waals surface area contributed by atoms with Gasteiger partial charge in [0.05, 0.1) is 18.9 Å². The molecule has 2 aliphatic rings. The molecule has 184 valence electrons. The normalized spacial score (nSPS) is 21.2. The summed E-state index contributed by atoms with van der Waals surface area (Å²) in [6.07, 6.45) is 3.03. The topological polar surface area (TPSA) is 80.9 Å². The van der Waals surface area contributed by atoms with Gasteiger partial charge in [0.25, 0.3) is 0 Å². The van der Waals surface area contributed by atoms with E-state index in [1.807, 2.05) is 30.9 Å². The molecule has 1 aromatic carbocycles. The molecule has 2 saturated heterocycles. The van der Waals surface area contributed by atoms with E-state index in [9.17, 15) is 13.6 Å². The number of benzene rings is 1. The Morgan fingerprint density at radius 3 is 2.62 bits per heavy atom. The van der Waals surface area contributed by atoms with Gasteiger partial charge in [-0.25, -0.2) is 18.6 Å². The van der Waals surface area contributed by atoms with Crippen LogP contribution in [0.2, 0.25) is 0 Å². The highest BCUT2D eigenvalue weighted by Crippen LogP contribution is 2.32. The number of pyridine rings is 1. The first kappa shape index (κ1) is 24.2. The summed E-state index contributed by atoms with van der Waals surface area (Å²) in [6, 6.07) is 6.88. The number of halogens is 2. The van der Waals surface area contributed by atoms with Crippen LogP contribution in [0, 0.1) is 17.6 Å². The van der Waals surface area contributed by atoms with Gasteiger partial charge in [-0.1, -0.05) is 0 Å². The summed E-state index contributed by atoms with van der Waals surface area (Å²) in [5, 5.41) is 0. The molecule has 2 N–H and O–H groups in total. The van der Waals surface area contributed by atoms with Crippen molar-refractivity contribution in [1.29, 1.82) is 0 Å². The highest BCUT2D eigenvalue weighted by Gasteiger charge is 2.34. The van der Waals surface area contributed by atoms with Crippen LogP contribution in [0.25, 0.3) is 0 Å². The quantitative estimate of drug-likeness (QED) is 0.684. The molecule has 34 heavy (non-hydrogen) atoms. The zero-order chi connectivity index (χ0) is 24.2. The summed E-state index contributed by atoms with van der Waals surface area (Å²) in [5.74, 6) is 0.532. The smallest absolute Gasteiger partial charge is 0.410 e. The maximum absolute atomic E-state index is 14.2. The van der Waals surface area contributed by atoms with E-state index >= 15 is 0 Å². The minimum Gasteiger partial charge on any atom is -0.492 e. The molecular weight excluding hydrogens is 442 g/mol. The minimum atomic E-state index is -0.470. The van der Waals surface area contributed by atoms with E-state index in [1.165, 1.54) is 6.07 Å². The Balaban J connectivity index is 1.27. The zero-order valence-electron chi connectivity index (χ0n) is 19.6. The van der Waals surface area contributed by atoms with Gasteiger partial charge in [0.1, 0.15) is 23.2 Å². The zero-order valence-corrected chi connectivity index (χ0v) is 19.6. The summed E-state index contributed by atoms with van der Waals surface area (Å²) in [6.45, 7) is 6.55. The van der Waals surface area contributed by atoms with E-state index in [0.29, 0.717) is 50.0 Å². The molecule has 4 rings (SSSR count). The first-order valence-corrected chi connectivity index (χ1v) is 11.8. The SMILES string of the molecule is CC(C)OC(=O)N1CCC(COc2ccc(N3CC(N)C(c4cc(F)ccc4F)C3)nc2)CC1. The minimum absolute atomic E-state index is 0.117. The maximum atomic E-state index is 14.2. The number of hydrogen-bond acceptors (Lipinski definition) is 6. The molecule has 0 bridgehead atoms. The second kappa shape index (κ2) is 10.5. The third-order valence-electron chi connectivity index (χ3n) is 6.46. The number of piperidine rings is 1. The monoisotopic (exact) mass is 474 g/mol. The van der Waals surface area contributed by atoms with Crippen LogP contribution in [0.5, 0.6) is 5.75 Å². The number of amides is 1. The lowest BCUT2D eigenvalue weighted by Crippen LogP contribution is -2.40. The first-order valence-electron chi connectivity index (χ1n) is 11.8. The van der Waals surface area contributed by atoms with Crippen LogP contribution in [0.15, 0.2) is 36.5 Å². The number of carbonyl (C=O) groups excluding carboxylic acids is 1. The Morgan fingerprint density at radius 2 is 1.94 bits per heavy atom. The average molecular weight is 475 g/mol. The molecule has 2 aliphatic heterocycles. The van der Waals surface area contributed by atoms with E-state index in [1.54, 1.807) is 11.1 Å². The average Bonchev–Trinajstić information content (AvgIpc) is 3.21. The third-order valence-corrected chi connectivity index (χ3v) is 6.46. The lowest BCUT2D eigenvalue weighted by Gasteiger charge is -2.31. The molecule has 1 aromatic heterocycles. The number of ether oxygens (including phenoxy) is 2. The van der Waals surface area contributed by atoms with Crippen molar-refractivity contribution in [2.75, 3.05) is 37.7 Å². The summed E-state index contributed by atoms with van der Waals surface area (Å²) in [7, 11) is 0. The number of rotatable bonds is 6. The largest absolute Gasteiger partial charge is 0.492 e. The lowest BCUT2D eigenvalue weighted by atomic mass is 9.94. The Hall–Kier alpha value is -2.94. The number of hydrogen-bond donors (Lipinski definition) is 1. The predicted octanol–water partition coefficient (Wildman–Crippen LogP) is 3.93. The van der Waals surface area contributed by atoms with Crippen LogP contribution in [-0.2, 0) is 4.74 Å². The second-order valence-corrected chi connectivity index (χ2v) is 9.37. The first-order chi connectivity index (χ1) is 16.3. The number of anilines is 1. The Morgan fingerprint density at radius 1 is 1.18 bits per heavy atom. The summed E-state index contributed by atoms with van der Waals surface area (Å²) in [5.41, 5.74) is 6.56. The number of nitrogens with zero attached hydrogens (tertiary/aromatic N) is 3. The maximum Gasteiger partial charge on any atom is 0.410 e. The summed E-state index contributed by atoms with van der Waals surface area (Å²) >= 11 is 0. The van der Waals surface area contributed by atoms with Gasteiger partial charge >= 0.3 is 6.09 Å². The van der Waals surface area contributed by atoms with Crippen molar-refractivity contribution >= 4 is 11.9 Å². The number of likely N-dealkylation sites (tertiary alicyclic amines) is 1. The molecule has 2 fully saturated rings. The number of aromatic nitrogens is 1. The molecule has 2 atom stereocenters. The van der Waals surface area contributed by atoms with Gasteiger partial charge in [0.15, 0.2) is 0 Å². The molecular formula is C25H32F2N4O3. The molecule has 0 saturated carbocycles. The molecule has 0 spiro atoms. The van der Waals surface area contributed by atoms with Crippen molar-refractivity contribution in [1.82, 2.24) is 9.88 Å². The Labute approximate surface area is 198 Å². The van der Waals surface area contributed by atoms with Crippen molar-refractivity contribution in [2.24, 2.45) is 11.7 Å². The highest BCUT2D eigenvalue weighted by molar-refractivity contribution is 5.67. The Kier molecular flexibility index (Phi) is 7.50. The molecule has 9 heteroatoms. The van der Waals surface area contributed by atoms with E-state index in [0.717, 1.165) is 30.8 Å². The number of nitrogens with two attached hydrogens (primary N) is 1. The van der Waals surface area contributed by atoms with Crippen LogP contribution < -0.4 is 15.4 Å². The van der Waals surface area contributed by atoms with Gasteiger partial charge in [-0.3, -0.25) is 0 Å². The van der Waals surface area contributed by atoms with Crippen LogP contribution >= 0.6 is 0 Å². The molecule has 1 amide bonds. The van der Waals surface area contributed by atoms with Crippen molar-refractivity contribution in [2.45, 2.75) is 44.8 Å². The summed E-state index contributed by atoms with van der Waals surface area (Å²) < 4.78 is 39.0.